The minimum absolute atomic E-state index is 0.179. The van der Waals surface area contributed by atoms with Crippen molar-refractivity contribution in [2.45, 2.75) is 20.3 Å². The first-order chi connectivity index (χ1) is 8.40. The van der Waals surface area contributed by atoms with Gasteiger partial charge in [-0.2, -0.15) is 0 Å². The lowest BCUT2D eigenvalue weighted by atomic mass is 9.81. The topological polar surface area (TPSA) is 83.0 Å². The molecule has 0 aliphatic heterocycles. The van der Waals surface area contributed by atoms with Crippen molar-refractivity contribution in [2.75, 3.05) is 0 Å². The van der Waals surface area contributed by atoms with E-state index < -0.39 is 11.4 Å². The van der Waals surface area contributed by atoms with Gasteiger partial charge in [0.15, 0.2) is 5.78 Å². The van der Waals surface area contributed by atoms with Crippen molar-refractivity contribution < 1.29 is 14.7 Å². The van der Waals surface area contributed by atoms with E-state index in [1.54, 1.807) is 38.4 Å². The fourth-order valence-electron chi connectivity index (χ4n) is 1.93. The zero-order valence-electron chi connectivity index (χ0n) is 10.2. The lowest BCUT2D eigenvalue weighted by Crippen LogP contribution is -2.27. The molecule has 0 amide bonds. The van der Waals surface area contributed by atoms with E-state index in [0.717, 1.165) is 11.0 Å². The van der Waals surface area contributed by atoms with Crippen LogP contribution in [-0.2, 0) is 4.79 Å². The van der Waals surface area contributed by atoms with E-state index in [2.05, 4.69) is 9.97 Å². The van der Waals surface area contributed by atoms with Gasteiger partial charge in [0, 0.05) is 11.0 Å². The molecule has 0 saturated carbocycles. The molecule has 0 saturated heterocycles. The summed E-state index contributed by atoms with van der Waals surface area (Å²) in [5.74, 6) is -1.16. The highest BCUT2D eigenvalue weighted by Crippen LogP contribution is 2.27. The van der Waals surface area contributed by atoms with Gasteiger partial charge in [0.05, 0.1) is 23.8 Å². The highest BCUT2D eigenvalue weighted by molar-refractivity contribution is 6.03. The molecule has 0 bridgehead atoms. The largest absolute Gasteiger partial charge is 0.481 e. The van der Waals surface area contributed by atoms with Crippen LogP contribution in [0.4, 0.5) is 0 Å². The monoisotopic (exact) mass is 246 g/mol. The fourth-order valence-corrected chi connectivity index (χ4v) is 1.93. The number of aliphatic carboxylic acids is 1. The molecule has 2 rings (SSSR count). The first-order valence-electron chi connectivity index (χ1n) is 5.60. The average Bonchev–Trinajstić information content (AvgIpc) is 2.72. The Bertz CT molecular complexity index is 613. The summed E-state index contributed by atoms with van der Waals surface area (Å²) in [6.07, 6.45) is 1.37. The lowest BCUT2D eigenvalue weighted by Gasteiger charge is -2.20. The third-order valence-electron chi connectivity index (χ3n) is 2.89. The molecule has 0 spiro atoms. The molecule has 0 aliphatic rings. The number of H-pyrrole nitrogens is 1. The van der Waals surface area contributed by atoms with Crippen LogP contribution in [0.25, 0.3) is 11.0 Å². The van der Waals surface area contributed by atoms with Gasteiger partial charge in [-0.15, -0.1) is 0 Å². The van der Waals surface area contributed by atoms with Gasteiger partial charge in [-0.1, -0.05) is 13.8 Å². The predicted molar refractivity (Wildman–Crippen MR) is 66.5 cm³/mol. The summed E-state index contributed by atoms with van der Waals surface area (Å²) in [4.78, 5) is 30.0. The molecule has 0 fully saturated rings. The SMILES string of the molecule is CC(C)(CC(=O)O)C(=O)c1ccc2nc[nH]c2c1. The van der Waals surface area contributed by atoms with Crippen LogP contribution in [0, 0.1) is 5.41 Å². The zero-order chi connectivity index (χ0) is 13.3. The van der Waals surface area contributed by atoms with Gasteiger partial charge in [-0.05, 0) is 18.2 Å². The molecule has 1 heterocycles. The second-order valence-electron chi connectivity index (χ2n) is 4.92. The number of fused-ring (bicyclic) bond motifs is 1. The van der Waals surface area contributed by atoms with Crippen molar-refractivity contribution in [2.24, 2.45) is 5.41 Å². The Kier molecular flexibility index (Phi) is 2.90. The number of hydrogen-bond donors (Lipinski definition) is 2. The zero-order valence-corrected chi connectivity index (χ0v) is 10.2. The number of nitrogens with one attached hydrogen (secondary N) is 1. The number of aromatic nitrogens is 2. The van der Waals surface area contributed by atoms with Crippen LogP contribution >= 0.6 is 0 Å². The van der Waals surface area contributed by atoms with E-state index in [4.69, 9.17) is 5.11 Å². The van der Waals surface area contributed by atoms with Crippen LogP contribution in [0.3, 0.4) is 0 Å². The van der Waals surface area contributed by atoms with Crippen LogP contribution in [0.5, 0.6) is 0 Å². The molecule has 1 aromatic carbocycles. The van der Waals surface area contributed by atoms with Gasteiger partial charge in [0.1, 0.15) is 0 Å². The standard InChI is InChI=1S/C13H14N2O3/c1-13(2,6-11(16)17)12(18)8-3-4-9-10(5-8)15-7-14-9/h3-5,7H,6H2,1-2H3,(H,14,15)(H,16,17). The summed E-state index contributed by atoms with van der Waals surface area (Å²) in [6.45, 7) is 3.28. The number of carbonyl (C=O) groups is 2. The molecular formula is C13H14N2O3. The van der Waals surface area contributed by atoms with Crippen molar-refractivity contribution in [3.8, 4) is 0 Å². The first-order valence-corrected chi connectivity index (χ1v) is 5.60. The second kappa shape index (κ2) is 4.25. The number of imidazole rings is 1. The number of benzene rings is 1. The number of nitrogens with zero attached hydrogens (tertiary/aromatic N) is 1. The van der Waals surface area contributed by atoms with E-state index >= 15 is 0 Å². The minimum Gasteiger partial charge on any atom is -0.481 e. The van der Waals surface area contributed by atoms with Crippen LogP contribution < -0.4 is 0 Å². The Morgan fingerprint density at radius 2 is 2.11 bits per heavy atom. The van der Waals surface area contributed by atoms with E-state index in [-0.39, 0.29) is 12.2 Å². The van der Waals surface area contributed by atoms with Crippen molar-refractivity contribution >= 4 is 22.8 Å². The van der Waals surface area contributed by atoms with Crippen molar-refractivity contribution in [1.29, 1.82) is 0 Å². The van der Waals surface area contributed by atoms with Crippen molar-refractivity contribution in [1.82, 2.24) is 9.97 Å². The summed E-state index contributed by atoms with van der Waals surface area (Å²) in [7, 11) is 0. The third-order valence-corrected chi connectivity index (χ3v) is 2.89. The number of hydrogen-bond acceptors (Lipinski definition) is 3. The second-order valence-corrected chi connectivity index (χ2v) is 4.92. The maximum Gasteiger partial charge on any atom is 0.304 e. The van der Waals surface area contributed by atoms with Crippen LogP contribution in [-0.4, -0.2) is 26.8 Å². The average molecular weight is 246 g/mol. The highest BCUT2D eigenvalue weighted by Gasteiger charge is 2.31. The number of carbonyl (C=O) groups excluding carboxylic acids is 1. The molecule has 0 radical (unpaired) electrons. The van der Waals surface area contributed by atoms with E-state index in [1.165, 1.54) is 0 Å². The molecule has 0 unspecified atom stereocenters. The minimum atomic E-state index is -0.976. The Morgan fingerprint density at radius 3 is 2.78 bits per heavy atom. The van der Waals surface area contributed by atoms with Crippen molar-refractivity contribution in [3.05, 3.63) is 30.1 Å². The maximum atomic E-state index is 12.3. The smallest absolute Gasteiger partial charge is 0.304 e. The molecule has 5 nitrogen and oxygen atoms in total. The van der Waals surface area contributed by atoms with Gasteiger partial charge in [0.2, 0.25) is 0 Å². The number of rotatable bonds is 4. The number of ketones is 1. The molecular weight excluding hydrogens is 232 g/mol. The normalized spacial score (nSPS) is 11.7. The number of carboxylic acid groups (broad SMARTS) is 1. The molecule has 2 aromatic rings. The summed E-state index contributed by atoms with van der Waals surface area (Å²) in [6, 6.07) is 5.12. The molecule has 5 heteroatoms. The summed E-state index contributed by atoms with van der Waals surface area (Å²) in [5.41, 5.74) is 1.13. The van der Waals surface area contributed by atoms with Crippen LogP contribution in [0.2, 0.25) is 0 Å². The number of Topliss-reactive ketones (excluding diaryl/α,β-unsaturated/α-hetero) is 1. The van der Waals surface area contributed by atoms with Gasteiger partial charge in [-0.3, -0.25) is 9.59 Å². The molecule has 0 aliphatic carbocycles. The fraction of sp³-hybridized carbons (Fsp3) is 0.308. The first kappa shape index (κ1) is 12.3. The third kappa shape index (κ3) is 2.25. The molecule has 18 heavy (non-hydrogen) atoms. The Balaban J connectivity index is 2.35. The number of aromatic amines is 1. The predicted octanol–water partition coefficient (Wildman–Crippen LogP) is 2.25. The summed E-state index contributed by atoms with van der Waals surface area (Å²) in [5, 5.41) is 8.82. The van der Waals surface area contributed by atoms with Gasteiger partial charge < -0.3 is 10.1 Å². The quantitative estimate of drug-likeness (QED) is 0.810. The van der Waals surface area contributed by atoms with Gasteiger partial charge in [-0.25, -0.2) is 4.98 Å². The summed E-state index contributed by atoms with van der Waals surface area (Å²) < 4.78 is 0. The van der Waals surface area contributed by atoms with E-state index in [1.807, 2.05) is 0 Å². The highest BCUT2D eigenvalue weighted by atomic mass is 16.4. The van der Waals surface area contributed by atoms with Crippen molar-refractivity contribution in [3.63, 3.8) is 0 Å². The Morgan fingerprint density at radius 1 is 1.39 bits per heavy atom. The van der Waals surface area contributed by atoms with Crippen LogP contribution in [0.15, 0.2) is 24.5 Å². The van der Waals surface area contributed by atoms with Gasteiger partial charge >= 0.3 is 5.97 Å². The molecule has 0 atom stereocenters. The van der Waals surface area contributed by atoms with Crippen LogP contribution in [0.1, 0.15) is 30.6 Å². The molecule has 94 valence electrons. The van der Waals surface area contributed by atoms with E-state index in [0.29, 0.717) is 5.56 Å². The molecule has 2 N–H and O–H groups in total. The molecule has 1 aromatic heterocycles. The Labute approximate surface area is 104 Å². The Hall–Kier alpha value is -2.17. The maximum absolute atomic E-state index is 12.3. The van der Waals surface area contributed by atoms with E-state index in [9.17, 15) is 9.59 Å². The number of carboxylic acids is 1. The lowest BCUT2D eigenvalue weighted by molar-refractivity contribution is -0.138. The summed E-state index contributed by atoms with van der Waals surface area (Å²) >= 11 is 0. The van der Waals surface area contributed by atoms with Gasteiger partial charge in [0.25, 0.3) is 0 Å².